The zero-order chi connectivity index (χ0) is 25.6. The van der Waals surface area contributed by atoms with E-state index in [1.54, 1.807) is 42.6 Å². The van der Waals surface area contributed by atoms with E-state index in [4.69, 9.17) is 0 Å². The Morgan fingerprint density at radius 2 is 1.24 bits per heavy atom. The van der Waals surface area contributed by atoms with Gasteiger partial charge in [0.1, 0.15) is 11.3 Å². The van der Waals surface area contributed by atoms with E-state index in [0.29, 0.717) is 5.56 Å². The molecule has 0 spiro atoms. The largest absolute Gasteiger partial charge is 0.422 e. The van der Waals surface area contributed by atoms with E-state index in [1.165, 1.54) is 11.1 Å². The molecule has 1 atom stereocenters. The zero-order valence-corrected chi connectivity index (χ0v) is 18.5. The van der Waals surface area contributed by atoms with Gasteiger partial charge in [0, 0.05) is 6.42 Å². The van der Waals surface area contributed by atoms with E-state index in [-0.39, 0.29) is 6.42 Å². The number of rotatable bonds is 4. The molecular formula is C25H22F7NO. The molecule has 0 radical (unpaired) electrons. The van der Waals surface area contributed by atoms with Gasteiger partial charge in [0.2, 0.25) is 5.91 Å². The number of halogens is 7. The molecule has 1 unspecified atom stereocenters. The zero-order valence-electron chi connectivity index (χ0n) is 18.5. The third-order valence-corrected chi connectivity index (χ3v) is 5.10. The molecule has 3 aromatic rings. The predicted octanol–water partition coefficient (Wildman–Crippen LogP) is 7.70. The summed E-state index contributed by atoms with van der Waals surface area (Å²) in [5.74, 6) is -11.3. The minimum Gasteiger partial charge on any atom is -0.321 e. The van der Waals surface area contributed by atoms with Gasteiger partial charge in [0.15, 0.2) is 23.3 Å². The van der Waals surface area contributed by atoms with E-state index in [9.17, 15) is 35.5 Å². The summed E-state index contributed by atoms with van der Waals surface area (Å²) in [5, 5.41) is 1.60. The number of aryl methyl sites for hydroxylation is 2. The Balaban J connectivity index is 0.000000430. The van der Waals surface area contributed by atoms with Gasteiger partial charge in [0.05, 0.1) is 0 Å². The minimum absolute atomic E-state index is 0.312. The number of hydrogen-bond acceptors (Lipinski definition) is 1. The van der Waals surface area contributed by atoms with E-state index < -0.39 is 52.5 Å². The molecule has 0 aliphatic carbocycles. The molecule has 0 fully saturated rings. The fourth-order valence-corrected chi connectivity index (χ4v) is 3.02. The average molecular weight is 485 g/mol. The molecule has 0 bridgehead atoms. The first-order valence-corrected chi connectivity index (χ1v) is 10.1. The van der Waals surface area contributed by atoms with Crippen molar-refractivity contribution in [3.63, 3.8) is 0 Å². The SMILES string of the molecule is CC(CC(=O)Nc1c(F)c(F)c(C(F)(F)F)c(F)c1F)c1ccccc1.Cc1ccccc1C. The number of carbonyl (C=O) groups excluding carboxylic acids is 1. The maximum atomic E-state index is 13.8. The normalized spacial score (nSPS) is 11.9. The second kappa shape index (κ2) is 11.2. The summed E-state index contributed by atoms with van der Waals surface area (Å²) >= 11 is 0. The van der Waals surface area contributed by atoms with Crippen LogP contribution in [0, 0.1) is 37.1 Å². The van der Waals surface area contributed by atoms with Crippen LogP contribution in [0.15, 0.2) is 54.6 Å². The van der Waals surface area contributed by atoms with E-state index in [0.717, 1.165) is 0 Å². The number of carbonyl (C=O) groups is 1. The van der Waals surface area contributed by atoms with Crippen LogP contribution in [0.25, 0.3) is 0 Å². The van der Waals surface area contributed by atoms with Crippen molar-refractivity contribution in [2.45, 2.75) is 39.3 Å². The Bertz CT molecular complexity index is 1090. The summed E-state index contributed by atoms with van der Waals surface area (Å²) in [7, 11) is 0. The lowest BCUT2D eigenvalue weighted by molar-refractivity contribution is -0.143. The highest BCUT2D eigenvalue weighted by molar-refractivity contribution is 5.91. The lowest BCUT2D eigenvalue weighted by atomic mass is 9.97. The fourth-order valence-electron chi connectivity index (χ4n) is 3.02. The summed E-state index contributed by atoms with van der Waals surface area (Å²) < 4.78 is 92.1. The second-order valence-corrected chi connectivity index (χ2v) is 7.65. The maximum Gasteiger partial charge on any atom is 0.422 e. The Hall–Kier alpha value is -3.36. The number of alkyl halides is 3. The van der Waals surface area contributed by atoms with Gasteiger partial charge in [-0.05, 0) is 36.5 Å². The molecule has 0 aliphatic heterocycles. The lowest BCUT2D eigenvalue weighted by Gasteiger charge is -2.16. The van der Waals surface area contributed by atoms with Crippen LogP contribution in [0.4, 0.5) is 36.4 Å². The molecular weight excluding hydrogens is 463 g/mol. The first-order valence-electron chi connectivity index (χ1n) is 10.1. The van der Waals surface area contributed by atoms with Crippen LogP contribution >= 0.6 is 0 Å². The molecule has 0 saturated carbocycles. The summed E-state index contributed by atoms with van der Waals surface area (Å²) in [6, 6.07) is 16.9. The molecule has 3 rings (SSSR count). The highest BCUT2D eigenvalue weighted by Gasteiger charge is 2.42. The number of hydrogen-bond donors (Lipinski definition) is 1. The van der Waals surface area contributed by atoms with Gasteiger partial charge in [-0.3, -0.25) is 4.79 Å². The summed E-state index contributed by atoms with van der Waals surface area (Å²) in [6.07, 6.45) is -5.95. The summed E-state index contributed by atoms with van der Waals surface area (Å²) in [4.78, 5) is 11.9. The molecule has 3 aromatic carbocycles. The second-order valence-electron chi connectivity index (χ2n) is 7.65. The molecule has 1 N–H and O–H groups in total. The van der Waals surface area contributed by atoms with Crippen LogP contribution in [0.3, 0.4) is 0 Å². The van der Waals surface area contributed by atoms with Crippen molar-refractivity contribution < 1.29 is 35.5 Å². The van der Waals surface area contributed by atoms with Crippen molar-refractivity contribution in [2.24, 2.45) is 0 Å². The highest BCUT2D eigenvalue weighted by atomic mass is 19.4. The molecule has 9 heteroatoms. The Morgan fingerprint density at radius 1 is 0.794 bits per heavy atom. The van der Waals surface area contributed by atoms with E-state index >= 15 is 0 Å². The third-order valence-electron chi connectivity index (χ3n) is 5.10. The van der Waals surface area contributed by atoms with Gasteiger partial charge >= 0.3 is 6.18 Å². The minimum atomic E-state index is -5.64. The van der Waals surface area contributed by atoms with Crippen LogP contribution in [-0.4, -0.2) is 5.91 Å². The van der Waals surface area contributed by atoms with Crippen LogP contribution in [0.2, 0.25) is 0 Å². The Kier molecular flexibility index (Phi) is 8.84. The Labute approximate surface area is 192 Å². The number of nitrogens with one attached hydrogen (secondary N) is 1. The van der Waals surface area contributed by atoms with Crippen LogP contribution in [0.5, 0.6) is 0 Å². The third kappa shape index (κ3) is 6.59. The fraction of sp³-hybridized carbons (Fsp3) is 0.240. The van der Waals surface area contributed by atoms with Gasteiger partial charge in [-0.1, -0.05) is 61.5 Å². The van der Waals surface area contributed by atoms with Gasteiger partial charge in [-0.2, -0.15) is 13.2 Å². The van der Waals surface area contributed by atoms with Crippen molar-refractivity contribution in [1.82, 2.24) is 0 Å². The average Bonchev–Trinajstić information content (AvgIpc) is 2.77. The van der Waals surface area contributed by atoms with E-state index in [1.807, 2.05) is 0 Å². The van der Waals surface area contributed by atoms with Crippen molar-refractivity contribution in [1.29, 1.82) is 0 Å². The van der Waals surface area contributed by atoms with E-state index in [2.05, 4.69) is 38.1 Å². The summed E-state index contributed by atoms with van der Waals surface area (Å²) in [5.41, 5.74) is -0.838. The standard InChI is InChI=1S/C17H12F7NO.C8H10/c1-8(9-5-3-2-4-6-9)7-10(26)25-16-14(20)12(18)11(17(22,23)24)13(19)15(16)21;1-7-5-3-4-6-8(7)2/h2-6,8H,7H2,1H3,(H,25,26);3-6H,1-2H3. The van der Waals surface area contributed by atoms with Crippen LogP contribution in [-0.2, 0) is 11.0 Å². The van der Waals surface area contributed by atoms with Gasteiger partial charge in [0.25, 0.3) is 0 Å². The lowest BCUT2D eigenvalue weighted by Crippen LogP contribution is -2.21. The predicted molar refractivity (Wildman–Crippen MR) is 115 cm³/mol. The quantitative estimate of drug-likeness (QED) is 0.298. The molecule has 182 valence electrons. The van der Waals surface area contributed by atoms with Gasteiger partial charge in [-0.25, -0.2) is 17.6 Å². The van der Waals surface area contributed by atoms with Crippen molar-refractivity contribution in [3.05, 3.63) is 100 Å². The molecule has 0 saturated heterocycles. The monoisotopic (exact) mass is 485 g/mol. The topological polar surface area (TPSA) is 29.1 Å². The highest BCUT2D eigenvalue weighted by Crippen LogP contribution is 2.38. The van der Waals surface area contributed by atoms with Gasteiger partial charge in [-0.15, -0.1) is 0 Å². The van der Waals surface area contributed by atoms with Crippen molar-refractivity contribution in [2.75, 3.05) is 5.32 Å². The first-order chi connectivity index (χ1) is 15.8. The molecule has 0 aliphatic rings. The van der Waals surface area contributed by atoms with Crippen molar-refractivity contribution in [3.8, 4) is 0 Å². The van der Waals surface area contributed by atoms with Crippen molar-refractivity contribution >= 4 is 11.6 Å². The first kappa shape index (κ1) is 26.9. The van der Waals surface area contributed by atoms with Crippen LogP contribution in [0.1, 0.15) is 41.5 Å². The Morgan fingerprint density at radius 3 is 1.65 bits per heavy atom. The molecule has 34 heavy (non-hydrogen) atoms. The number of anilines is 1. The smallest absolute Gasteiger partial charge is 0.321 e. The number of benzene rings is 3. The number of amides is 1. The van der Waals surface area contributed by atoms with Gasteiger partial charge < -0.3 is 5.32 Å². The molecule has 2 nitrogen and oxygen atoms in total. The summed E-state index contributed by atoms with van der Waals surface area (Å²) in [6.45, 7) is 5.86. The maximum absolute atomic E-state index is 13.8. The molecule has 1 amide bonds. The van der Waals surface area contributed by atoms with Crippen LogP contribution < -0.4 is 5.32 Å². The molecule has 0 aromatic heterocycles. The molecule has 0 heterocycles.